The van der Waals surface area contributed by atoms with E-state index in [0.717, 1.165) is 0 Å². The normalized spacial score (nSPS) is 11.2. The van der Waals surface area contributed by atoms with Crippen LogP contribution in [0.5, 0.6) is 5.75 Å². The fourth-order valence-electron chi connectivity index (χ4n) is 2.06. The van der Waals surface area contributed by atoms with E-state index in [9.17, 15) is 14.0 Å². The van der Waals surface area contributed by atoms with Crippen LogP contribution < -0.4 is 10.5 Å². The van der Waals surface area contributed by atoms with Gasteiger partial charge in [0.2, 0.25) is 5.78 Å². The first kappa shape index (κ1) is 17.9. The van der Waals surface area contributed by atoms with Crippen molar-refractivity contribution in [1.82, 2.24) is 0 Å². The topological polar surface area (TPSA) is 93.2 Å². The highest BCUT2D eigenvalue weighted by molar-refractivity contribution is 6.09. The molecule has 0 aliphatic rings. The number of ketones is 2. The second kappa shape index (κ2) is 7.88. The summed E-state index contributed by atoms with van der Waals surface area (Å²) in [5, 5.41) is 8.86. The van der Waals surface area contributed by atoms with Crippen LogP contribution in [0, 0.1) is 17.1 Å². The molecule has 0 heterocycles. The van der Waals surface area contributed by atoms with E-state index < -0.39 is 11.6 Å². The molecule has 0 saturated heterocycles. The molecule has 0 saturated carbocycles. The summed E-state index contributed by atoms with van der Waals surface area (Å²) < 4.78 is 18.2. The monoisotopic (exact) mass is 338 g/mol. The van der Waals surface area contributed by atoms with Gasteiger partial charge in [0.25, 0.3) is 0 Å². The molecule has 25 heavy (non-hydrogen) atoms. The molecule has 5 nitrogen and oxygen atoms in total. The molecular weight excluding hydrogens is 323 g/mol. The Kier molecular flexibility index (Phi) is 5.64. The molecule has 2 aromatic rings. The summed E-state index contributed by atoms with van der Waals surface area (Å²) in [6.07, 6.45) is 0. The van der Waals surface area contributed by atoms with E-state index >= 15 is 0 Å². The average Bonchev–Trinajstić information content (AvgIpc) is 2.61. The maximum atomic E-state index is 12.9. The largest absolute Gasteiger partial charge is 0.485 e. The molecule has 0 unspecified atom stereocenters. The van der Waals surface area contributed by atoms with Crippen LogP contribution in [0.2, 0.25) is 0 Å². The number of halogens is 1. The minimum atomic E-state index is -0.519. The van der Waals surface area contributed by atoms with Crippen LogP contribution in [0.4, 0.5) is 4.39 Å². The van der Waals surface area contributed by atoms with Gasteiger partial charge in [-0.15, -0.1) is 0 Å². The lowest BCUT2D eigenvalue weighted by atomic mass is 10.0. The highest BCUT2D eigenvalue weighted by Gasteiger charge is 2.13. The number of nitrogens with two attached hydrogens (primary N) is 1. The number of carbonyl (C=O) groups excluding carboxylic acids is 2. The molecule has 0 spiro atoms. The highest BCUT2D eigenvalue weighted by atomic mass is 19.1. The van der Waals surface area contributed by atoms with Crippen molar-refractivity contribution in [1.29, 1.82) is 5.26 Å². The van der Waals surface area contributed by atoms with E-state index in [1.807, 2.05) is 0 Å². The van der Waals surface area contributed by atoms with E-state index in [-0.39, 0.29) is 23.7 Å². The van der Waals surface area contributed by atoms with Gasteiger partial charge in [0.15, 0.2) is 12.4 Å². The Morgan fingerprint density at radius 2 is 1.60 bits per heavy atom. The van der Waals surface area contributed by atoms with Crippen molar-refractivity contribution >= 4 is 11.6 Å². The third-order valence-corrected chi connectivity index (χ3v) is 3.38. The Labute approximate surface area is 144 Å². The number of ether oxygens (including phenoxy) is 1. The average molecular weight is 338 g/mol. The molecule has 0 aromatic heterocycles. The Morgan fingerprint density at radius 1 is 1.08 bits per heavy atom. The fraction of sp³-hybridized carbons (Fsp3) is 0.105. The van der Waals surface area contributed by atoms with Crippen LogP contribution in [-0.4, -0.2) is 18.2 Å². The van der Waals surface area contributed by atoms with Crippen LogP contribution in [0.3, 0.4) is 0 Å². The SMILES string of the molecule is C/C(N)=C(\C#N)C(=O)COc1ccc(C(=O)c2ccc(F)cc2)cc1. The number of nitriles is 1. The van der Waals surface area contributed by atoms with Gasteiger partial charge in [0.05, 0.1) is 0 Å². The Hall–Kier alpha value is -3.46. The number of hydrogen-bond acceptors (Lipinski definition) is 5. The molecule has 6 heteroatoms. The lowest BCUT2D eigenvalue weighted by molar-refractivity contribution is -0.117. The van der Waals surface area contributed by atoms with Crippen molar-refractivity contribution in [3.05, 3.63) is 76.7 Å². The second-order valence-corrected chi connectivity index (χ2v) is 5.24. The van der Waals surface area contributed by atoms with Gasteiger partial charge in [0, 0.05) is 16.8 Å². The molecule has 0 radical (unpaired) electrons. The molecule has 2 N–H and O–H groups in total. The van der Waals surface area contributed by atoms with Crippen molar-refractivity contribution in [2.24, 2.45) is 5.73 Å². The number of nitrogens with zero attached hydrogens (tertiary/aromatic N) is 1. The number of hydrogen-bond donors (Lipinski definition) is 1. The summed E-state index contributed by atoms with van der Waals surface area (Å²) in [6, 6.07) is 13.1. The van der Waals surface area contributed by atoms with Crippen LogP contribution >= 0.6 is 0 Å². The number of Topliss-reactive ketones (excluding diaryl/α,β-unsaturated/α-hetero) is 1. The zero-order chi connectivity index (χ0) is 18.4. The van der Waals surface area contributed by atoms with Crippen molar-refractivity contribution in [3.63, 3.8) is 0 Å². The lowest BCUT2D eigenvalue weighted by Crippen LogP contribution is -2.16. The zero-order valence-corrected chi connectivity index (χ0v) is 13.5. The highest BCUT2D eigenvalue weighted by Crippen LogP contribution is 2.16. The first-order valence-corrected chi connectivity index (χ1v) is 7.35. The molecule has 0 amide bonds. The number of carbonyl (C=O) groups is 2. The summed E-state index contributed by atoms with van der Waals surface area (Å²) in [4.78, 5) is 24.1. The molecule has 126 valence electrons. The zero-order valence-electron chi connectivity index (χ0n) is 13.5. The fourth-order valence-corrected chi connectivity index (χ4v) is 2.06. The summed E-state index contributed by atoms with van der Waals surface area (Å²) >= 11 is 0. The quantitative estimate of drug-likeness (QED) is 0.496. The van der Waals surface area contributed by atoms with Gasteiger partial charge < -0.3 is 10.5 Å². The van der Waals surface area contributed by atoms with Gasteiger partial charge in [-0.1, -0.05) is 0 Å². The van der Waals surface area contributed by atoms with Crippen LogP contribution in [-0.2, 0) is 4.79 Å². The molecular formula is C19H15FN2O3. The number of benzene rings is 2. The third kappa shape index (κ3) is 4.52. The smallest absolute Gasteiger partial charge is 0.212 e. The number of allylic oxidation sites excluding steroid dienone is 1. The standard InChI is InChI=1S/C19H15FN2O3/c1-12(22)17(10-21)18(23)11-25-16-8-4-14(5-9-16)19(24)13-2-6-15(20)7-3-13/h2-9H,11,22H2,1H3/b17-12-. The summed E-state index contributed by atoms with van der Waals surface area (Å²) in [7, 11) is 0. The molecule has 0 aliphatic carbocycles. The number of rotatable bonds is 6. The van der Waals surface area contributed by atoms with Gasteiger partial charge >= 0.3 is 0 Å². The minimum Gasteiger partial charge on any atom is -0.485 e. The first-order valence-electron chi connectivity index (χ1n) is 7.35. The van der Waals surface area contributed by atoms with E-state index in [2.05, 4.69) is 0 Å². The van der Waals surface area contributed by atoms with Crippen molar-refractivity contribution < 1.29 is 18.7 Å². The van der Waals surface area contributed by atoms with Crippen molar-refractivity contribution in [3.8, 4) is 11.8 Å². The van der Waals surface area contributed by atoms with Gasteiger partial charge in [-0.05, 0) is 55.5 Å². The maximum Gasteiger partial charge on any atom is 0.212 e. The van der Waals surface area contributed by atoms with E-state index in [1.165, 1.54) is 43.3 Å². The van der Waals surface area contributed by atoms with Crippen LogP contribution in [0.1, 0.15) is 22.8 Å². The summed E-state index contributed by atoms with van der Waals surface area (Å²) in [5.74, 6) is -0.815. The van der Waals surface area contributed by atoms with E-state index in [0.29, 0.717) is 16.9 Å². The van der Waals surface area contributed by atoms with Crippen LogP contribution in [0.15, 0.2) is 59.8 Å². The molecule has 0 fully saturated rings. The third-order valence-electron chi connectivity index (χ3n) is 3.38. The molecule has 0 atom stereocenters. The second-order valence-electron chi connectivity index (χ2n) is 5.24. The molecule has 0 aliphatic heterocycles. The Balaban J connectivity index is 2.04. The molecule has 2 aromatic carbocycles. The Bertz CT molecular complexity index is 859. The predicted molar refractivity (Wildman–Crippen MR) is 89.3 cm³/mol. The molecule has 0 bridgehead atoms. The van der Waals surface area contributed by atoms with Gasteiger partial charge in [-0.2, -0.15) is 5.26 Å². The van der Waals surface area contributed by atoms with Crippen LogP contribution in [0.25, 0.3) is 0 Å². The van der Waals surface area contributed by atoms with E-state index in [4.69, 9.17) is 15.7 Å². The summed E-state index contributed by atoms with van der Waals surface area (Å²) in [6.45, 7) is 1.13. The van der Waals surface area contributed by atoms with Crippen molar-refractivity contribution in [2.45, 2.75) is 6.92 Å². The van der Waals surface area contributed by atoms with Gasteiger partial charge in [-0.25, -0.2) is 4.39 Å². The van der Waals surface area contributed by atoms with Gasteiger partial charge in [-0.3, -0.25) is 9.59 Å². The summed E-state index contributed by atoms with van der Waals surface area (Å²) in [5.41, 5.74) is 6.23. The lowest BCUT2D eigenvalue weighted by Gasteiger charge is -2.07. The van der Waals surface area contributed by atoms with E-state index in [1.54, 1.807) is 18.2 Å². The minimum absolute atomic E-state index is 0.136. The Morgan fingerprint density at radius 3 is 2.08 bits per heavy atom. The predicted octanol–water partition coefficient (Wildman–Crippen LogP) is 2.76. The molecule has 2 rings (SSSR count). The first-order chi connectivity index (χ1) is 11.9. The maximum absolute atomic E-state index is 12.9. The van der Waals surface area contributed by atoms with Crippen molar-refractivity contribution in [2.75, 3.05) is 6.61 Å². The van der Waals surface area contributed by atoms with Gasteiger partial charge in [0.1, 0.15) is 23.2 Å².